The van der Waals surface area contributed by atoms with Crippen LogP contribution in [0.25, 0.3) is 0 Å². The SMILES string of the molecule is CC(=CCC[C@](C)(O)[C@@H]1CC2=C(CC[C@@H](O)C2=O)O1)CC[C@@H](O)C(C)(C)O. The fraction of sp³-hybridized carbons (Fsp3) is 0.762. The van der Waals surface area contributed by atoms with Crippen molar-refractivity contribution in [1.82, 2.24) is 0 Å². The molecule has 2 aliphatic rings. The minimum absolute atomic E-state index is 0.268. The number of carbonyl (C=O) groups is 1. The summed E-state index contributed by atoms with van der Waals surface area (Å²) in [6.45, 7) is 6.87. The van der Waals surface area contributed by atoms with Crippen molar-refractivity contribution in [2.24, 2.45) is 0 Å². The molecular formula is C21H34O6. The summed E-state index contributed by atoms with van der Waals surface area (Å²) >= 11 is 0. The van der Waals surface area contributed by atoms with Crippen molar-refractivity contribution >= 4 is 5.78 Å². The highest BCUT2D eigenvalue weighted by molar-refractivity contribution is 6.00. The maximum atomic E-state index is 12.1. The summed E-state index contributed by atoms with van der Waals surface area (Å²) in [4.78, 5) is 12.1. The molecule has 1 aliphatic heterocycles. The van der Waals surface area contributed by atoms with Gasteiger partial charge in [-0.15, -0.1) is 0 Å². The third-order valence-electron chi connectivity index (χ3n) is 5.72. The van der Waals surface area contributed by atoms with Crippen LogP contribution in [0, 0.1) is 0 Å². The van der Waals surface area contributed by atoms with Crippen LogP contribution in [-0.4, -0.2) is 55.7 Å². The lowest BCUT2D eigenvalue weighted by Gasteiger charge is -2.30. The van der Waals surface area contributed by atoms with Crippen molar-refractivity contribution in [2.75, 3.05) is 0 Å². The Labute approximate surface area is 161 Å². The van der Waals surface area contributed by atoms with Crippen molar-refractivity contribution in [2.45, 2.75) is 102 Å². The van der Waals surface area contributed by atoms with Gasteiger partial charge in [0, 0.05) is 18.4 Å². The molecule has 1 heterocycles. The summed E-state index contributed by atoms with van der Waals surface area (Å²) < 4.78 is 5.84. The maximum Gasteiger partial charge on any atom is 0.190 e. The monoisotopic (exact) mass is 382 g/mol. The first-order chi connectivity index (χ1) is 12.4. The minimum atomic E-state index is -1.11. The number of allylic oxidation sites excluding steroid dienone is 3. The summed E-state index contributed by atoms with van der Waals surface area (Å²) in [5, 5.41) is 40.2. The van der Waals surface area contributed by atoms with Crippen LogP contribution in [-0.2, 0) is 9.53 Å². The predicted octanol–water partition coefficient (Wildman–Crippen LogP) is 2.14. The van der Waals surface area contributed by atoms with Gasteiger partial charge in [0.25, 0.3) is 0 Å². The summed E-state index contributed by atoms with van der Waals surface area (Å²) in [5.41, 5.74) is -0.559. The first-order valence-corrected chi connectivity index (χ1v) is 9.81. The van der Waals surface area contributed by atoms with Gasteiger partial charge in [0.1, 0.15) is 18.0 Å². The van der Waals surface area contributed by atoms with Gasteiger partial charge in [-0.1, -0.05) is 11.6 Å². The predicted molar refractivity (Wildman–Crippen MR) is 102 cm³/mol. The molecule has 0 saturated heterocycles. The molecule has 0 fully saturated rings. The molecule has 0 aromatic carbocycles. The molecule has 0 aromatic heterocycles. The second kappa shape index (κ2) is 8.43. The fourth-order valence-electron chi connectivity index (χ4n) is 3.57. The summed E-state index contributed by atoms with van der Waals surface area (Å²) in [6, 6.07) is 0. The summed E-state index contributed by atoms with van der Waals surface area (Å²) in [7, 11) is 0. The van der Waals surface area contributed by atoms with Crippen LogP contribution >= 0.6 is 0 Å². The van der Waals surface area contributed by atoms with Gasteiger partial charge < -0.3 is 25.2 Å². The van der Waals surface area contributed by atoms with Crippen LogP contribution < -0.4 is 0 Å². The van der Waals surface area contributed by atoms with Gasteiger partial charge in [0.15, 0.2) is 5.78 Å². The van der Waals surface area contributed by atoms with Gasteiger partial charge in [-0.05, 0) is 59.8 Å². The number of Topliss-reactive ketones (excluding diaryl/α,β-unsaturated/α-hetero) is 1. The van der Waals surface area contributed by atoms with E-state index in [2.05, 4.69) is 0 Å². The smallest absolute Gasteiger partial charge is 0.190 e. The second-order valence-electron chi connectivity index (χ2n) is 8.79. The van der Waals surface area contributed by atoms with Crippen molar-refractivity contribution in [3.8, 4) is 0 Å². The van der Waals surface area contributed by atoms with E-state index in [4.69, 9.17) is 4.74 Å². The zero-order valence-electron chi connectivity index (χ0n) is 16.9. The van der Waals surface area contributed by atoms with Gasteiger partial charge >= 0.3 is 0 Å². The largest absolute Gasteiger partial charge is 0.491 e. The van der Waals surface area contributed by atoms with E-state index in [0.717, 1.165) is 5.57 Å². The van der Waals surface area contributed by atoms with E-state index in [1.54, 1.807) is 20.8 Å². The van der Waals surface area contributed by atoms with Crippen LogP contribution in [0.1, 0.15) is 72.6 Å². The number of ether oxygens (including phenoxy) is 1. The van der Waals surface area contributed by atoms with E-state index >= 15 is 0 Å². The number of aliphatic hydroxyl groups is 4. The van der Waals surface area contributed by atoms with E-state index in [0.29, 0.717) is 56.3 Å². The van der Waals surface area contributed by atoms with Crippen LogP contribution in [0.15, 0.2) is 23.0 Å². The van der Waals surface area contributed by atoms with Crippen LogP contribution in [0.2, 0.25) is 0 Å². The Bertz CT molecular complexity index is 611. The highest BCUT2D eigenvalue weighted by Crippen LogP contribution is 2.39. The third kappa shape index (κ3) is 5.64. The number of aliphatic hydroxyl groups excluding tert-OH is 2. The molecule has 0 saturated carbocycles. The van der Waals surface area contributed by atoms with Crippen LogP contribution in [0.5, 0.6) is 0 Å². The number of hydrogen-bond donors (Lipinski definition) is 4. The molecule has 0 bridgehead atoms. The first-order valence-electron chi connectivity index (χ1n) is 9.81. The minimum Gasteiger partial charge on any atom is -0.491 e. The zero-order valence-corrected chi connectivity index (χ0v) is 16.9. The molecule has 0 aromatic rings. The van der Waals surface area contributed by atoms with E-state index in [-0.39, 0.29) is 5.78 Å². The molecule has 1 aliphatic carbocycles. The van der Waals surface area contributed by atoms with Crippen LogP contribution in [0.3, 0.4) is 0 Å². The highest BCUT2D eigenvalue weighted by Gasteiger charge is 2.43. The van der Waals surface area contributed by atoms with Crippen molar-refractivity contribution in [1.29, 1.82) is 0 Å². The van der Waals surface area contributed by atoms with Gasteiger partial charge in [0.05, 0.1) is 17.3 Å². The highest BCUT2D eigenvalue weighted by atomic mass is 16.5. The maximum absolute atomic E-state index is 12.1. The zero-order chi connectivity index (χ0) is 20.4. The lowest BCUT2D eigenvalue weighted by molar-refractivity contribution is -0.124. The van der Waals surface area contributed by atoms with Crippen molar-refractivity contribution < 1.29 is 30.0 Å². The normalized spacial score (nSPS) is 27.3. The fourth-order valence-corrected chi connectivity index (χ4v) is 3.57. The molecule has 6 heteroatoms. The number of hydrogen-bond acceptors (Lipinski definition) is 6. The molecule has 0 spiro atoms. The third-order valence-corrected chi connectivity index (χ3v) is 5.72. The Morgan fingerprint density at radius 1 is 1.33 bits per heavy atom. The average molecular weight is 382 g/mol. The summed E-state index contributed by atoms with van der Waals surface area (Å²) in [5.74, 6) is 0.360. The standard InChI is InChI=1S/C21H34O6/c1-13(7-10-17(23)20(2,3)25)6-5-11-21(4,26)18-12-14-16(27-18)9-8-15(22)19(14)24/h6,15,17-18,22-23,25-26H,5,7-12H2,1-4H3/t15-,17-,18+,21+/m1/s1. The Kier molecular flexibility index (Phi) is 6.90. The molecule has 4 atom stereocenters. The lowest BCUT2D eigenvalue weighted by atomic mass is 9.86. The van der Waals surface area contributed by atoms with Crippen LogP contribution in [0.4, 0.5) is 0 Å². The molecule has 0 unspecified atom stereocenters. The Balaban J connectivity index is 1.82. The first kappa shape index (κ1) is 22.1. The molecule has 0 amide bonds. The lowest BCUT2D eigenvalue weighted by Crippen LogP contribution is -2.39. The van der Waals surface area contributed by atoms with E-state index in [1.807, 2.05) is 13.0 Å². The van der Waals surface area contributed by atoms with Gasteiger partial charge in [-0.3, -0.25) is 4.79 Å². The van der Waals surface area contributed by atoms with E-state index in [9.17, 15) is 25.2 Å². The molecule has 2 rings (SSSR count). The molecular weight excluding hydrogens is 348 g/mol. The van der Waals surface area contributed by atoms with Crippen molar-refractivity contribution in [3.05, 3.63) is 23.0 Å². The van der Waals surface area contributed by atoms with Gasteiger partial charge in [-0.25, -0.2) is 0 Å². The average Bonchev–Trinajstić information content (AvgIpc) is 3.01. The Morgan fingerprint density at radius 2 is 2.00 bits per heavy atom. The van der Waals surface area contributed by atoms with Crippen molar-refractivity contribution in [3.63, 3.8) is 0 Å². The second-order valence-corrected chi connectivity index (χ2v) is 8.79. The number of ketones is 1. The number of rotatable bonds is 8. The molecule has 154 valence electrons. The van der Waals surface area contributed by atoms with Gasteiger partial charge in [0.2, 0.25) is 0 Å². The summed E-state index contributed by atoms with van der Waals surface area (Å²) in [6.07, 6.45) is 3.40. The molecule has 6 nitrogen and oxygen atoms in total. The Morgan fingerprint density at radius 3 is 2.63 bits per heavy atom. The Hall–Kier alpha value is -1.21. The molecule has 4 N–H and O–H groups in total. The van der Waals surface area contributed by atoms with E-state index < -0.39 is 29.5 Å². The quantitative estimate of drug-likeness (QED) is 0.479. The van der Waals surface area contributed by atoms with Gasteiger partial charge in [-0.2, -0.15) is 0 Å². The molecule has 27 heavy (non-hydrogen) atoms. The number of carbonyl (C=O) groups excluding carboxylic acids is 1. The topological polar surface area (TPSA) is 107 Å². The van der Waals surface area contributed by atoms with E-state index in [1.165, 1.54) is 0 Å². The molecule has 0 radical (unpaired) electrons.